The van der Waals surface area contributed by atoms with Gasteiger partial charge < -0.3 is 14.5 Å². The molecule has 0 fully saturated rings. The second-order valence-corrected chi connectivity index (χ2v) is 6.64. The van der Waals surface area contributed by atoms with Crippen molar-refractivity contribution in [1.29, 1.82) is 0 Å². The Balaban J connectivity index is 1.58. The molecule has 0 saturated heterocycles. The topological polar surface area (TPSA) is 69.3 Å². The molecular formula is C20H22ClN3O3. The van der Waals surface area contributed by atoms with Gasteiger partial charge in [0.05, 0.1) is 11.6 Å². The van der Waals surface area contributed by atoms with Crippen molar-refractivity contribution in [2.45, 2.75) is 40.5 Å². The molecule has 0 spiro atoms. The fourth-order valence-corrected chi connectivity index (χ4v) is 2.93. The van der Waals surface area contributed by atoms with E-state index in [4.69, 9.17) is 20.8 Å². The highest BCUT2D eigenvalue weighted by atomic mass is 35.5. The van der Waals surface area contributed by atoms with Crippen LogP contribution in [0.1, 0.15) is 40.1 Å². The number of ether oxygens (including phenoxy) is 1. The summed E-state index contributed by atoms with van der Waals surface area (Å²) in [5.74, 6) is 1.31. The number of carbonyl (C=O) groups excluding carboxylic acids is 1. The first-order valence-corrected chi connectivity index (χ1v) is 9.13. The number of amides is 1. The number of nitrogens with one attached hydrogen (secondary N) is 1. The number of benzene rings is 1. The molecule has 0 saturated carbocycles. The van der Waals surface area contributed by atoms with Gasteiger partial charge in [-0.25, -0.2) is 0 Å². The Hall–Kier alpha value is -2.73. The summed E-state index contributed by atoms with van der Waals surface area (Å²) in [5.41, 5.74) is 2.74. The lowest BCUT2D eigenvalue weighted by molar-refractivity contribution is 0.0918. The van der Waals surface area contributed by atoms with Crippen LogP contribution in [0.3, 0.4) is 0 Å². The molecule has 3 aromatic rings. The zero-order chi connectivity index (χ0) is 19.4. The zero-order valence-corrected chi connectivity index (χ0v) is 16.3. The molecule has 0 aliphatic carbocycles. The van der Waals surface area contributed by atoms with Crippen LogP contribution in [-0.4, -0.2) is 15.7 Å². The second kappa shape index (κ2) is 8.31. The highest BCUT2D eigenvalue weighted by molar-refractivity contribution is 6.31. The minimum absolute atomic E-state index is 0.223. The summed E-state index contributed by atoms with van der Waals surface area (Å²) in [5, 5.41) is 7.59. The first-order valence-electron chi connectivity index (χ1n) is 8.75. The van der Waals surface area contributed by atoms with Crippen LogP contribution in [-0.2, 0) is 19.7 Å². The van der Waals surface area contributed by atoms with E-state index < -0.39 is 0 Å². The van der Waals surface area contributed by atoms with Crippen LogP contribution in [0.5, 0.6) is 5.75 Å². The van der Waals surface area contributed by atoms with Gasteiger partial charge in [-0.1, -0.05) is 29.8 Å². The third kappa shape index (κ3) is 4.52. The van der Waals surface area contributed by atoms with E-state index in [0.717, 1.165) is 23.4 Å². The zero-order valence-electron chi connectivity index (χ0n) is 15.6. The van der Waals surface area contributed by atoms with Crippen LogP contribution in [0, 0.1) is 13.8 Å². The molecule has 0 aliphatic rings. The van der Waals surface area contributed by atoms with E-state index in [2.05, 4.69) is 10.4 Å². The summed E-state index contributed by atoms with van der Waals surface area (Å²) in [6.07, 6.45) is 1.74. The molecule has 0 radical (unpaired) electrons. The monoisotopic (exact) mass is 387 g/mol. The molecular weight excluding hydrogens is 366 g/mol. The van der Waals surface area contributed by atoms with Crippen LogP contribution in [0.25, 0.3) is 0 Å². The number of hydrogen-bond donors (Lipinski definition) is 1. The van der Waals surface area contributed by atoms with Gasteiger partial charge in [-0.15, -0.1) is 0 Å². The maximum atomic E-state index is 12.3. The van der Waals surface area contributed by atoms with Crippen LogP contribution < -0.4 is 10.1 Å². The molecule has 27 heavy (non-hydrogen) atoms. The highest BCUT2D eigenvalue weighted by Crippen LogP contribution is 2.23. The first kappa shape index (κ1) is 19.0. The fraction of sp³-hybridized carbons (Fsp3) is 0.300. The highest BCUT2D eigenvalue weighted by Gasteiger charge is 2.14. The minimum Gasteiger partial charge on any atom is -0.485 e. The molecule has 2 heterocycles. The van der Waals surface area contributed by atoms with Gasteiger partial charge in [0.1, 0.15) is 23.8 Å². The van der Waals surface area contributed by atoms with Gasteiger partial charge >= 0.3 is 0 Å². The van der Waals surface area contributed by atoms with Crippen molar-refractivity contribution >= 4 is 17.5 Å². The Labute approximate surface area is 163 Å². The minimum atomic E-state index is -0.324. The van der Waals surface area contributed by atoms with Gasteiger partial charge in [-0.3, -0.25) is 9.48 Å². The van der Waals surface area contributed by atoms with Gasteiger partial charge in [0.2, 0.25) is 0 Å². The molecule has 142 valence electrons. The number of aromatic nitrogens is 2. The molecule has 7 heteroatoms. The molecule has 6 nitrogen and oxygen atoms in total. The predicted molar refractivity (Wildman–Crippen MR) is 103 cm³/mol. The molecule has 0 unspecified atom stereocenters. The molecule has 1 aromatic carbocycles. The molecule has 1 amide bonds. The van der Waals surface area contributed by atoms with Crippen molar-refractivity contribution < 1.29 is 13.9 Å². The Morgan fingerprint density at radius 2 is 2.00 bits per heavy atom. The number of para-hydroxylation sites is 1. The van der Waals surface area contributed by atoms with Crippen molar-refractivity contribution in [3.05, 3.63) is 69.9 Å². The molecule has 0 aliphatic heterocycles. The third-order valence-corrected chi connectivity index (χ3v) is 4.50. The summed E-state index contributed by atoms with van der Waals surface area (Å²) < 4.78 is 13.2. The smallest absolute Gasteiger partial charge is 0.287 e. The normalized spacial score (nSPS) is 10.8. The van der Waals surface area contributed by atoms with Crippen molar-refractivity contribution in [1.82, 2.24) is 15.1 Å². The van der Waals surface area contributed by atoms with Crippen molar-refractivity contribution in [2.75, 3.05) is 0 Å². The van der Waals surface area contributed by atoms with Crippen LogP contribution in [0.2, 0.25) is 5.02 Å². The van der Waals surface area contributed by atoms with Gasteiger partial charge in [0, 0.05) is 12.7 Å². The summed E-state index contributed by atoms with van der Waals surface area (Å²) in [6.45, 7) is 7.17. The van der Waals surface area contributed by atoms with Crippen LogP contribution >= 0.6 is 11.6 Å². The summed E-state index contributed by atoms with van der Waals surface area (Å²) >= 11 is 6.11. The van der Waals surface area contributed by atoms with Crippen molar-refractivity contribution in [3.63, 3.8) is 0 Å². The van der Waals surface area contributed by atoms with Crippen LogP contribution in [0.4, 0.5) is 0 Å². The van der Waals surface area contributed by atoms with E-state index in [1.807, 2.05) is 39.0 Å². The Bertz CT molecular complexity index is 926. The number of carbonyl (C=O) groups is 1. The number of nitrogens with zero attached hydrogens (tertiary/aromatic N) is 2. The maximum Gasteiger partial charge on any atom is 0.287 e. The van der Waals surface area contributed by atoms with E-state index in [0.29, 0.717) is 16.5 Å². The SMILES string of the molecule is CCn1cc(Cl)c(CNC(=O)c2ccc(COc3c(C)cccc3C)o2)n1. The van der Waals surface area contributed by atoms with Crippen molar-refractivity contribution in [2.24, 2.45) is 0 Å². The number of halogens is 1. The standard InChI is InChI=1S/C20H22ClN3O3/c1-4-24-11-16(21)17(23-24)10-22-20(25)18-9-8-15(27-18)12-26-19-13(2)6-5-7-14(19)3/h5-9,11H,4,10,12H2,1-3H3,(H,22,25). The lowest BCUT2D eigenvalue weighted by Crippen LogP contribution is -2.22. The van der Waals surface area contributed by atoms with Crippen LogP contribution in [0.15, 0.2) is 40.9 Å². The molecule has 3 rings (SSSR count). The third-order valence-electron chi connectivity index (χ3n) is 4.18. The molecule has 0 bridgehead atoms. The first-order chi connectivity index (χ1) is 13.0. The van der Waals surface area contributed by atoms with Gasteiger partial charge in [0.25, 0.3) is 5.91 Å². The lowest BCUT2D eigenvalue weighted by Gasteiger charge is -2.10. The van der Waals surface area contributed by atoms with Gasteiger partial charge in [-0.2, -0.15) is 5.10 Å². The van der Waals surface area contributed by atoms with E-state index in [1.165, 1.54) is 0 Å². The number of furan rings is 1. The average Bonchev–Trinajstić information content (AvgIpc) is 3.26. The quantitative estimate of drug-likeness (QED) is 0.657. The van der Waals surface area contributed by atoms with E-state index in [-0.39, 0.29) is 24.8 Å². The molecule has 2 aromatic heterocycles. The average molecular weight is 388 g/mol. The summed E-state index contributed by atoms with van der Waals surface area (Å²) in [7, 11) is 0. The van der Waals surface area contributed by atoms with Gasteiger partial charge in [0.15, 0.2) is 5.76 Å². The van der Waals surface area contributed by atoms with E-state index >= 15 is 0 Å². The fourth-order valence-electron chi connectivity index (χ4n) is 2.72. The Morgan fingerprint density at radius 3 is 2.67 bits per heavy atom. The van der Waals surface area contributed by atoms with E-state index in [1.54, 1.807) is 23.0 Å². The summed E-state index contributed by atoms with van der Waals surface area (Å²) in [4.78, 5) is 12.3. The number of hydrogen-bond acceptors (Lipinski definition) is 4. The maximum absolute atomic E-state index is 12.3. The largest absolute Gasteiger partial charge is 0.485 e. The van der Waals surface area contributed by atoms with E-state index in [9.17, 15) is 4.79 Å². The summed E-state index contributed by atoms with van der Waals surface area (Å²) in [6, 6.07) is 9.34. The number of aryl methyl sites for hydroxylation is 3. The predicted octanol–water partition coefficient (Wildman–Crippen LogP) is 4.28. The van der Waals surface area contributed by atoms with Gasteiger partial charge in [-0.05, 0) is 44.0 Å². The molecule has 1 N–H and O–H groups in total. The lowest BCUT2D eigenvalue weighted by atomic mass is 10.1. The Kier molecular flexibility index (Phi) is 5.86. The number of rotatable bonds is 7. The molecule has 0 atom stereocenters. The van der Waals surface area contributed by atoms with Crippen molar-refractivity contribution in [3.8, 4) is 5.75 Å². The Morgan fingerprint density at radius 1 is 1.26 bits per heavy atom. The second-order valence-electron chi connectivity index (χ2n) is 6.24.